The molecule has 0 atom stereocenters. The maximum absolute atomic E-state index is 9.48. The number of nitrogens with one attached hydrogen (secondary N) is 1. The predicted octanol–water partition coefficient (Wildman–Crippen LogP) is 3.17. The first-order chi connectivity index (χ1) is 13.2. The lowest BCUT2D eigenvalue weighted by Crippen LogP contribution is -2.06. The van der Waals surface area contributed by atoms with Gasteiger partial charge in [-0.2, -0.15) is 5.26 Å². The molecule has 4 rings (SSSR count). The summed E-state index contributed by atoms with van der Waals surface area (Å²) >= 11 is 0. The highest BCUT2D eigenvalue weighted by atomic mass is 15.1. The van der Waals surface area contributed by atoms with Gasteiger partial charge in [-0.15, -0.1) is 0 Å². The molecule has 0 aliphatic heterocycles. The number of hydrogen-bond donors (Lipinski definition) is 2. The van der Waals surface area contributed by atoms with Gasteiger partial charge in [-0.25, -0.2) is 15.0 Å². The van der Waals surface area contributed by atoms with E-state index in [9.17, 15) is 5.26 Å². The first kappa shape index (κ1) is 16.5. The zero-order valence-corrected chi connectivity index (χ0v) is 14.7. The molecule has 7 heteroatoms. The van der Waals surface area contributed by atoms with Crippen molar-refractivity contribution in [3.8, 4) is 17.5 Å². The molecule has 3 heterocycles. The van der Waals surface area contributed by atoms with Gasteiger partial charge in [0.25, 0.3) is 0 Å². The molecule has 0 bridgehead atoms. The third-order valence-corrected chi connectivity index (χ3v) is 4.31. The Labute approximate surface area is 156 Å². The Morgan fingerprint density at radius 1 is 1.15 bits per heavy atom. The molecule has 0 aliphatic rings. The van der Waals surface area contributed by atoms with Crippen LogP contribution in [0, 0.1) is 18.3 Å². The number of hydrogen-bond acceptors (Lipinski definition) is 6. The molecule has 4 aromatic rings. The smallest absolute Gasteiger partial charge is 0.223 e. The van der Waals surface area contributed by atoms with E-state index in [0.717, 1.165) is 28.2 Å². The lowest BCUT2D eigenvalue weighted by atomic mass is 10.2. The number of aryl methyl sites for hydroxylation is 1. The van der Waals surface area contributed by atoms with E-state index >= 15 is 0 Å². The van der Waals surface area contributed by atoms with Crippen molar-refractivity contribution in [1.82, 2.24) is 19.4 Å². The van der Waals surface area contributed by atoms with Crippen molar-refractivity contribution in [3.05, 3.63) is 71.7 Å². The number of fused-ring (bicyclic) bond motifs is 1. The number of nitrogen functional groups attached to an aromatic ring is 1. The summed E-state index contributed by atoms with van der Waals surface area (Å²) in [5.41, 5.74) is 11.1. The largest absolute Gasteiger partial charge is 0.399 e. The minimum Gasteiger partial charge on any atom is -0.399 e. The Bertz CT molecular complexity index is 1150. The molecule has 3 aromatic heterocycles. The van der Waals surface area contributed by atoms with E-state index in [2.05, 4.69) is 26.3 Å². The molecule has 0 aliphatic carbocycles. The third kappa shape index (κ3) is 3.16. The molecule has 0 spiro atoms. The van der Waals surface area contributed by atoms with Crippen molar-refractivity contribution >= 4 is 17.3 Å². The van der Waals surface area contributed by atoms with Crippen molar-refractivity contribution < 1.29 is 0 Å². The van der Waals surface area contributed by atoms with Crippen LogP contribution in [0.3, 0.4) is 0 Å². The molecule has 0 saturated heterocycles. The number of nitrogens with two attached hydrogens (primary N) is 1. The first-order valence-electron chi connectivity index (χ1n) is 8.44. The van der Waals surface area contributed by atoms with Gasteiger partial charge in [0.1, 0.15) is 17.4 Å². The fourth-order valence-electron chi connectivity index (χ4n) is 2.89. The molecule has 1 aromatic carbocycles. The van der Waals surface area contributed by atoms with Crippen LogP contribution in [-0.4, -0.2) is 19.4 Å². The van der Waals surface area contributed by atoms with Crippen LogP contribution >= 0.6 is 0 Å². The van der Waals surface area contributed by atoms with Gasteiger partial charge in [0.05, 0.1) is 23.7 Å². The van der Waals surface area contributed by atoms with Crippen molar-refractivity contribution in [3.63, 3.8) is 0 Å². The minimum absolute atomic E-state index is 0.399. The molecule has 7 nitrogen and oxygen atoms in total. The zero-order chi connectivity index (χ0) is 18.8. The molecule has 3 N–H and O–H groups in total. The molecule has 0 radical (unpaired) electrons. The average Bonchev–Trinajstić information content (AvgIpc) is 3.13. The highest BCUT2D eigenvalue weighted by molar-refractivity contribution is 5.68. The summed E-state index contributed by atoms with van der Waals surface area (Å²) in [4.78, 5) is 13.3. The SMILES string of the molecule is Cc1cccn2c(-c3nc(NCc4ccc(N)cc4)ncc3C#N)cnc12. The summed E-state index contributed by atoms with van der Waals surface area (Å²) < 4.78 is 1.93. The van der Waals surface area contributed by atoms with Crippen LogP contribution in [0.1, 0.15) is 16.7 Å². The van der Waals surface area contributed by atoms with Crippen LogP contribution in [0.4, 0.5) is 11.6 Å². The van der Waals surface area contributed by atoms with Crippen LogP contribution in [0.25, 0.3) is 17.0 Å². The Balaban J connectivity index is 1.69. The van der Waals surface area contributed by atoms with Crippen molar-refractivity contribution in [2.24, 2.45) is 0 Å². The Hall–Kier alpha value is -3.92. The van der Waals surface area contributed by atoms with E-state index in [1.807, 2.05) is 53.9 Å². The summed E-state index contributed by atoms with van der Waals surface area (Å²) in [6, 6.07) is 13.7. The zero-order valence-electron chi connectivity index (χ0n) is 14.7. The van der Waals surface area contributed by atoms with E-state index < -0.39 is 0 Å². The lowest BCUT2D eigenvalue weighted by molar-refractivity contribution is 1.04. The van der Waals surface area contributed by atoms with Crippen molar-refractivity contribution in [2.75, 3.05) is 11.1 Å². The number of nitrogens with zero attached hydrogens (tertiary/aromatic N) is 5. The summed E-state index contributed by atoms with van der Waals surface area (Å²) in [5.74, 6) is 0.448. The number of aromatic nitrogens is 4. The standard InChI is InChI=1S/C20H17N7/c1-13-3-2-8-27-17(12-23-19(13)27)18-15(9-21)11-25-20(26-18)24-10-14-4-6-16(22)7-5-14/h2-8,11-12H,10,22H2,1H3,(H,24,25,26). The summed E-state index contributed by atoms with van der Waals surface area (Å²) in [7, 11) is 0. The Morgan fingerprint density at radius 2 is 1.96 bits per heavy atom. The minimum atomic E-state index is 0.399. The van der Waals surface area contributed by atoms with Gasteiger partial charge in [0.2, 0.25) is 5.95 Å². The van der Waals surface area contributed by atoms with E-state index in [0.29, 0.717) is 23.8 Å². The maximum Gasteiger partial charge on any atom is 0.223 e. The average molecular weight is 355 g/mol. The number of pyridine rings is 1. The van der Waals surface area contributed by atoms with Gasteiger partial charge in [0, 0.05) is 18.4 Å². The van der Waals surface area contributed by atoms with Gasteiger partial charge in [0.15, 0.2) is 0 Å². The fraction of sp³-hybridized carbons (Fsp3) is 0.100. The number of rotatable bonds is 4. The highest BCUT2D eigenvalue weighted by Crippen LogP contribution is 2.24. The molecule has 0 fully saturated rings. The van der Waals surface area contributed by atoms with E-state index in [4.69, 9.17) is 5.73 Å². The lowest BCUT2D eigenvalue weighted by Gasteiger charge is -2.09. The van der Waals surface area contributed by atoms with Crippen LogP contribution in [0.15, 0.2) is 55.0 Å². The normalized spacial score (nSPS) is 10.7. The van der Waals surface area contributed by atoms with Gasteiger partial charge < -0.3 is 11.1 Å². The number of anilines is 2. The maximum atomic E-state index is 9.48. The molecular weight excluding hydrogens is 338 g/mol. The van der Waals surface area contributed by atoms with Gasteiger partial charge in [-0.05, 0) is 36.2 Å². The second-order valence-electron chi connectivity index (χ2n) is 6.19. The molecular formula is C20H17N7. The summed E-state index contributed by atoms with van der Waals surface area (Å²) in [6.07, 6.45) is 5.17. The predicted molar refractivity (Wildman–Crippen MR) is 104 cm³/mol. The number of nitriles is 1. The van der Waals surface area contributed by atoms with Crippen LogP contribution in [0.5, 0.6) is 0 Å². The highest BCUT2D eigenvalue weighted by Gasteiger charge is 2.14. The van der Waals surface area contributed by atoms with Crippen LogP contribution in [-0.2, 0) is 6.54 Å². The molecule has 0 saturated carbocycles. The Kier molecular flexibility index (Phi) is 4.15. The topological polar surface area (TPSA) is 105 Å². The fourth-order valence-corrected chi connectivity index (χ4v) is 2.89. The summed E-state index contributed by atoms with van der Waals surface area (Å²) in [5, 5.41) is 12.7. The molecule has 0 unspecified atom stereocenters. The number of imidazole rings is 1. The van der Waals surface area contributed by atoms with Crippen molar-refractivity contribution in [1.29, 1.82) is 5.26 Å². The second-order valence-corrected chi connectivity index (χ2v) is 6.19. The number of benzene rings is 1. The van der Waals surface area contributed by atoms with Gasteiger partial charge >= 0.3 is 0 Å². The summed E-state index contributed by atoms with van der Waals surface area (Å²) in [6.45, 7) is 2.55. The molecule has 132 valence electrons. The quantitative estimate of drug-likeness (QED) is 0.545. The van der Waals surface area contributed by atoms with Crippen LogP contribution < -0.4 is 11.1 Å². The second kappa shape index (κ2) is 6.77. The monoisotopic (exact) mass is 355 g/mol. The van der Waals surface area contributed by atoms with E-state index in [-0.39, 0.29) is 0 Å². The van der Waals surface area contributed by atoms with Gasteiger partial charge in [-0.1, -0.05) is 18.2 Å². The molecule has 27 heavy (non-hydrogen) atoms. The van der Waals surface area contributed by atoms with Crippen molar-refractivity contribution in [2.45, 2.75) is 13.5 Å². The van der Waals surface area contributed by atoms with Crippen LogP contribution in [0.2, 0.25) is 0 Å². The first-order valence-corrected chi connectivity index (χ1v) is 8.44. The Morgan fingerprint density at radius 3 is 2.74 bits per heavy atom. The molecule has 0 amide bonds. The van der Waals surface area contributed by atoms with E-state index in [1.54, 1.807) is 6.20 Å². The third-order valence-electron chi connectivity index (χ3n) is 4.31. The van der Waals surface area contributed by atoms with E-state index in [1.165, 1.54) is 6.20 Å². The van der Waals surface area contributed by atoms with Gasteiger partial charge in [-0.3, -0.25) is 4.40 Å².